The van der Waals surface area contributed by atoms with E-state index in [4.69, 9.17) is 16.3 Å². The van der Waals surface area contributed by atoms with Crippen molar-refractivity contribution in [3.8, 4) is 5.75 Å². The van der Waals surface area contributed by atoms with Crippen LogP contribution in [0.5, 0.6) is 5.75 Å². The molecule has 5 nitrogen and oxygen atoms in total. The van der Waals surface area contributed by atoms with Crippen LogP contribution in [-0.4, -0.2) is 35.9 Å². The molecule has 2 aromatic carbocycles. The molecular formula is C23H29ClN2O3. The fourth-order valence-corrected chi connectivity index (χ4v) is 3.01. The van der Waals surface area contributed by atoms with Crippen molar-refractivity contribution < 1.29 is 14.3 Å². The highest BCUT2D eigenvalue weighted by atomic mass is 35.5. The first kappa shape index (κ1) is 22.8. The van der Waals surface area contributed by atoms with Gasteiger partial charge in [0.25, 0.3) is 0 Å². The van der Waals surface area contributed by atoms with E-state index in [1.807, 2.05) is 38.1 Å². The first-order chi connectivity index (χ1) is 13.9. The lowest BCUT2D eigenvalue weighted by atomic mass is 10.1. The Hall–Kier alpha value is -2.53. The third kappa shape index (κ3) is 7.42. The van der Waals surface area contributed by atoms with Crippen molar-refractivity contribution in [1.29, 1.82) is 0 Å². The molecule has 2 rings (SSSR count). The maximum Gasteiger partial charge on any atom is 0.242 e. The Morgan fingerprint density at radius 1 is 1.10 bits per heavy atom. The number of ether oxygens (including phenoxy) is 1. The predicted octanol–water partition coefficient (Wildman–Crippen LogP) is 4.36. The molecule has 0 aliphatic carbocycles. The molecule has 2 amide bonds. The van der Waals surface area contributed by atoms with E-state index in [-0.39, 0.29) is 11.8 Å². The van der Waals surface area contributed by atoms with Crippen LogP contribution in [0.15, 0.2) is 48.5 Å². The number of nitrogens with one attached hydrogen (secondary N) is 1. The van der Waals surface area contributed by atoms with Gasteiger partial charge in [0, 0.05) is 24.5 Å². The number of nitrogens with zero attached hydrogens (tertiary/aromatic N) is 1. The molecule has 0 heterocycles. The number of amides is 2. The van der Waals surface area contributed by atoms with Crippen LogP contribution in [0, 0.1) is 6.92 Å². The van der Waals surface area contributed by atoms with Crippen LogP contribution in [0.2, 0.25) is 5.02 Å². The lowest BCUT2D eigenvalue weighted by Gasteiger charge is -2.29. The Labute approximate surface area is 178 Å². The summed E-state index contributed by atoms with van der Waals surface area (Å²) in [4.78, 5) is 26.9. The number of benzene rings is 2. The standard InChI is InChI=1S/C23H29ClN2O3/c1-4-25-23(28)18(3)26(16-19-9-7-17(2)8-10-19)22(27)6-5-15-29-21-13-11-20(24)12-14-21/h7-14,18H,4-6,15-16H2,1-3H3,(H,25,28)/t18-/m1/s1. The van der Waals surface area contributed by atoms with Gasteiger partial charge in [-0.25, -0.2) is 0 Å². The first-order valence-corrected chi connectivity index (χ1v) is 10.3. The topological polar surface area (TPSA) is 58.6 Å². The molecule has 0 aromatic heterocycles. The van der Waals surface area contributed by atoms with Gasteiger partial charge < -0.3 is 15.0 Å². The summed E-state index contributed by atoms with van der Waals surface area (Å²) in [7, 11) is 0. The number of halogens is 1. The fourth-order valence-electron chi connectivity index (χ4n) is 2.88. The average molecular weight is 417 g/mol. The van der Waals surface area contributed by atoms with Gasteiger partial charge in [0.2, 0.25) is 11.8 Å². The minimum absolute atomic E-state index is 0.0657. The van der Waals surface area contributed by atoms with Gasteiger partial charge in [0.1, 0.15) is 11.8 Å². The Morgan fingerprint density at radius 3 is 2.38 bits per heavy atom. The van der Waals surface area contributed by atoms with Crippen LogP contribution in [0.3, 0.4) is 0 Å². The van der Waals surface area contributed by atoms with Gasteiger partial charge in [-0.1, -0.05) is 41.4 Å². The van der Waals surface area contributed by atoms with Gasteiger partial charge in [-0.2, -0.15) is 0 Å². The lowest BCUT2D eigenvalue weighted by molar-refractivity contribution is -0.140. The van der Waals surface area contributed by atoms with Crippen LogP contribution >= 0.6 is 11.6 Å². The van der Waals surface area contributed by atoms with Gasteiger partial charge >= 0.3 is 0 Å². The smallest absolute Gasteiger partial charge is 0.242 e. The molecule has 0 saturated heterocycles. The third-order valence-electron chi connectivity index (χ3n) is 4.61. The summed E-state index contributed by atoms with van der Waals surface area (Å²) in [5, 5.41) is 3.45. The molecule has 2 aromatic rings. The first-order valence-electron chi connectivity index (χ1n) is 9.91. The normalized spacial score (nSPS) is 11.6. The van der Waals surface area contributed by atoms with E-state index < -0.39 is 6.04 Å². The summed E-state index contributed by atoms with van der Waals surface area (Å²) in [5.74, 6) is 0.503. The van der Waals surface area contributed by atoms with E-state index in [0.29, 0.717) is 43.3 Å². The van der Waals surface area contributed by atoms with E-state index >= 15 is 0 Å². The molecule has 0 spiro atoms. The zero-order valence-electron chi connectivity index (χ0n) is 17.3. The monoisotopic (exact) mass is 416 g/mol. The summed E-state index contributed by atoms with van der Waals surface area (Å²) in [6.07, 6.45) is 0.872. The molecule has 1 atom stereocenters. The third-order valence-corrected chi connectivity index (χ3v) is 4.86. The van der Waals surface area contributed by atoms with Crippen molar-refractivity contribution in [2.24, 2.45) is 0 Å². The van der Waals surface area contributed by atoms with Crippen molar-refractivity contribution in [1.82, 2.24) is 10.2 Å². The molecule has 0 bridgehead atoms. The molecule has 29 heavy (non-hydrogen) atoms. The quantitative estimate of drug-likeness (QED) is 0.585. The van der Waals surface area contributed by atoms with Crippen molar-refractivity contribution in [3.05, 3.63) is 64.7 Å². The highest BCUT2D eigenvalue weighted by molar-refractivity contribution is 6.30. The number of rotatable bonds is 10. The molecule has 1 N–H and O–H groups in total. The summed E-state index contributed by atoms with van der Waals surface area (Å²) in [5.41, 5.74) is 2.15. The van der Waals surface area contributed by atoms with Crippen LogP contribution in [0.4, 0.5) is 0 Å². The number of aryl methyl sites for hydroxylation is 1. The Balaban J connectivity index is 1.96. The SMILES string of the molecule is CCNC(=O)[C@@H](C)N(Cc1ccc(C)cc1)C(=O)CCCOc1ccc(Cl)cc1. The molecule has 6 heteroatoms. The summed E-state index contributed by atoms with van der Waals surface area (Å²) >= 11 is 5.86. The van der Waals surface area contributed by atoms with Crippen LogP contribution in [-0.2, 0) is 16.1 Å². The molecule has 0 unspecified atom stereocenters. The van der Waals surface area contributed by atoms with Crippen molar-refractivity contribution in [2.45, 2.75) is 46.2 Å². The number of carbonyl (C=O) groups is 2. The number of likely N-dealkylation sites (N-methyl/N-ethyl adjacent to an activating group) is 1. The maximum atomic E-state index is 12.9. The summed E-state index contributed by atoms with van der Waals surface area (Å²) in [6.45, 7) is 7.00. The molecule has 0 fully saturated rings. The van der Waals surface area contributed by atoms with Gasteiger partial charge in [-0.3, -0.25) is 9.59 Å². The van der Waals surface area contributed by atoms with Gasteiger partial charge in [-0.15, -0.1) is 0 Å². The largest absolute Gasteiger partial charge is 0.494 e. The van der Waals surface area contributed by atoms with Crippen molar-refractivity contribution in [2.75, 3.05) is 13.2 Å². The number of carbonyl (C=O) groups excluding carboxylic acids is 2. The zero-order valence-corrected chi connectivity index (χ0v) is 18.0. The Bertz CT molecular complexity index is 791. The van der Waals surface area contributed by atoms with E-state index in [1.165, 1.54) is 0 Å². The molecule has 0 aliphatic rings. The maximum absolute atomic E-state index is 12.9. The minimum atomic E-state index is -0.541. The van der Waals surface area contributed by atoms with Crippen LogP contribution in [0.1, 0.15) is 37.8 Å². The Kier molecular flexibility index (Phi) is 9.00. The lowest BCUT2D eigenvalue weighted by Crippen LogP contribution is -2.47. The van der Waals surface area contributed by atoms with E-state index in [2.05, 4.69) is 5.32 Å². The zero-order chi connectivity index (χ0) is 21.2. The van der Waals surface area contributed by atoms with E-state index in [9.17, 15) is 9.59 Å². The number of hydrogen-bond donors (Lipinski definition) is 1. The molecular weight excluding hydrogens is 388 g/mol. The second-order valence-electron chi connectivity index (χ2n) is 6.98. The molecule has 0 saturated carbocycles. The predicted molar refractivity (Wildman–Crippen MR) is 116 cm³/mol. The van der Waals surface area contributed by atoms with Crippen molar-refractivity contribution >= 4 is 23.4 Å². The fraction of sp³-hybridized carbons (Fsp3) is 0.391. The van der Waals surface area contributed by atoms with Gasteiger partial charge in [0.05, 0.1) is 6.61 Å². The molecule has 0 aliphatic heterocycles. The minimum Gasteiger partial charge on any atom is -0.494 e. The molecule has 0 radical (unpaired) electrons. The van der Waals surface area contributed by atoms with E-state index in [0.717, 1.165) is 11.1 Å². The van der Waals surface area contributed by atoms with Crippen LogP contribution in [0.25, 0.3) is 0 Å². The number of hydrogen-bond acceptors (Lipinski definition) is 3. The second-order valence-corrected chi connectivity index (χ2v) is 7.42. The molecule has 156 valence electrons. The second kappa shape index (κ2) is 11.5. The van der Waals surface area contributed by atoms with E-state index in [1.54, 1.807) is 36.1 Å². The van der Waals surface area contributed by atoms with Gasteiger partial charge in [0.15, 0.2) is 0 Å². The highest BCUT2D eigenvalue weighted by Crippen LogP contribution is 2.16. The van der Waals surface area contributed by atoms with Gasteiger partial charge in [-0.05, 0) is 57.0 Å². The van der Waals surface area contributed by atoms with Crippen LogP contribution < -0.4 is 10.1 Å². The van der Waals surface area contributed by atoms with Crippen molar-refractivity contribution in [3.63, 3.8) is 0 Å². The average Bonchev–Trinajstić information content (AvgIpc) is 2.71. The summed E-state index contributed by atoms with van der Waals surface area (Å²) in [6, 6.07) is 14.6. The summed E-state index contributed by atoms with van der Waals surface area (Å²) < 4.78 is 5.66. The highest BCUT2D eigenvalue weighted by Gasteiger charge is 2.25. The Morgan fingerprint density at radius 2 is 1.76 bits per heavy atom.